The van der Waals surface area contributed by atoms with E-state index in [9.17, 15) is 18.4 Å². The molecule has 1 amide bonds. The summed E-state index contributed by atoms with van der Waals surface area (Å²) in [4.78, 5) is 21.1. The van der Waals surface area contributed by atoms with Crippen molar-refractivity contribution < 1.29 is 23.2 Å². The standard InChI is InChI=1S/C19H23N5O5S2/c1-13-21-15(11-30-13)10-24(31(27,28)17-6-4-16(29-3)5-7-17)18(19(25)22-26)8-14-9-23(2)12-20-14/h4-7,9,11-12,18,26H,8,10H2,1-3H3,(H,22,25). The molecule has 1 atom stereocenters. The minimum atomic E-state index is -4.15. The van der Waals surface area contributed by atoms with Crippen LogP contribution in [-0.2, 0) is 34.8 Å². The molecule has 0 aliphatic heterocycles. The number of nitrogens with one attached hydrogen (secondary N) is 1. The van der Waals surface area contributed by atoms with Crippen LogP contribution in [0.15, 0.2) is 47.1 Å². The van der Waals surface area contributed by atoms with E-state index >= 15 is 0 Å². The van der Waals surface area contributed by atoms with Crippen LogP contribution in [0.5, 0.6) is 5.75 Å². The summed E-state index contributed by atoms with van der Waals surface area (Å²) in [6, 6.07) is 4.61. The zero-order chi connectivity index (χ0) is 22.6. The van der Waals surface area contributed by atoms with E-state index in [0.29, 0.717) is 17.1 Å². The molecule has 0 aliphatic carbocycles. The van der Waals surface area contributed by atoms with E-state index in [1.807, 2.05) is 6.92 Å². The third-order valence-electron chi connectivity index (χ3n) is 4.57. The summed E-state index contributed by atoms with van der Waals surface area (Å²) in [6.07, 6.45) is 3.20. The van der Waals surface area contributed by atoms with E-state index in [4.69, 9.17) is 4.74 Å². The molecule has 1 aromatic carbocycles. The largest absolute Gasteiger partial charge is 0.497 e. The van der Waals surface area contributed by atoms with Crippen molar-refractivity contribution in [1.29, 1.82) is 0 Å². The number of hydroxylamine groups is 1. The first-order chi connectivity index (χ1) is 14.7. The quantitative estimate of drug-likeness (QED) is 0.362. The van der Waals surface area contributed by atoms with Gasteiger partial charge < -0.3 is 9.30 Å². The third kappa shape index (κ3) is 5.28. The Hall–Kier alpha value is -2.80. The van der Waals surface area contributed by atoms with Crippen LogP contribution in [0.2, 0.25) is 0 Å². The van der Waals surface area contributed by atoms with Gasteiger partial charge in [-0.3, -0.25) is 10.0 Å². The monoisotopic (exact) mass is 465 g/mol. The number of benzene rings is 1. The molecule has 0 aliphatic rings. The molecule has 0 bridgehead atoms. The summed E-state index contributed by atoms with van der Waals surface area (Å²) in [6.45, 7) is 1.66. The van der Waals surface area contributed by atoms with E-state index in [-0.39, 0.29) is 17.9 Å². The van der Waals surface area contributed by atoms with Crippen LogP contribution in [-0.4, -0.2) is 51.5 Å². The molecule has 0 saturated heterocycles. The van der Waals surface area contributed by atoms with Crippen LogP contribution in [0, 0.1) is 6.92 Å². The number of sulfonamides is 1. The van der Waals surface area contributed by atoms with E-state index in [1.54, 1.807) is 35.0 Å². The van der Waals surface area contributed by atoms with E-state index in [1.165, 1.54) is 42.7 Å². The molecule has 1 unspecified atom stereocenters. The Labute approximate surface area is 184 Å². The molecule has 0 radical (unpaired) electrons. The molecule has 166 valence electrons. The van der Waals surface area contributed by atoms with Gasteiger partial charge in [0.25, 0.3) is 5.91 Å². The second-order valence-electron chi connectivity index (χ2n) is 6.81. The number of carbonyl (C=O) groups excluding carboxylic acids is 1. The van der Waals surface area contributed by atoms with Crippen LogP contribution >= 0.6 is 11.3 Å². The van der Waals surface area contributed by atoms with Crippen molar-refractivity contribution in [3.8, 4) is 5.75 Å². The lowest BCUT2D eigenvalue weighted by molar-refractivity contribution is -0.133. The highest BCUT2D eigenvalue weighted by molar-refractivity contribution is 7.89. The lowest BCUT2D eigenvalue weighted by Crippen LogP contribution is -2.49. The molecule has 0 spiro atoms. The van der Waals surface area contributed by atoms with Gasteiger partial charge in [-0.25, -0.2) is 23.9 Å². The van der Waals surface area contributed by atoms with Crippen LogP contribution < -0.4 is 10.2 Å². The summed E-state index contributed by atoms with van der Waals surface area (Å²) in [5, 5.41) is 11.8. The molecule has 2 aromatic heterocycles. The maximum atomic E-state index is 13.6. The number of aryl methyl sites for hydroxylation is 2. The Kier molecular flexibility index (Phi) is 7.05. The Morgan fingerprint density at radius 2 is 2.03 bits per heavy atom. The number of methoxy groups -OCH3 is 1. The minimum Gasteiger partial charge on any atom is -0.497 e. The molecule has 0 saturated carbocycles. The maximum absolute atomic E-state index is 13.6. The number of rotatable bonds is 9. The van der Waals surface area contributed by atoms with Crippen molar-refractivity contribution in [1.82, 2.24) is 24.3 Å². The van der Waals surface area contributed by atoms with Gasteiger partial charge in [-0.2, -0.15) is 4.31 Å². The molecular formula is C19H23N5O5S2. The van der Waals surface area contributed by atoms with Gasteiger partial charge in [0.1, 0.15) is 11.8 Å². The fourth-order valence-electron chi connectivity index (χ4n) is 3.06. The molecule has 3 rings (SSSR count). The van der Waals surface area contributed by atoms with Gasteiger partial charge in [-0.1, -0.05) is 0 Å². The zero-order valence-corrected chi connectivity index (χ0v) is 18.9. The number of imidazole rings is 1. The number of hydrogen-bond donors (Lipinski definition) is 2. The van der Waals surface area contributed by atoms with Crippen LogP contribution in [0.4, 0.5) is 0 Å². The molecule has 2 heterocycles. The Bertz CT molecular complexity index is 1140. The Morgan fingerprint density at radius 1 is 1.32 bits per heavy atom. The van der Waals surface area contributed by atoms with Crippen LogP contribution in [0.25, 0.3) is 0 Å². The summed E-state index contributed by atoms with van der Waals surface area (Å²) in [7, 11) is -0.900. The van der Waals surface area contributed by atoms with Crippen molar-refractivity contribution in [2.45, 2.75) is 30.8 Å². The van der Waals surface area contributed by atoms with Gasteiger partial charge >= 0.3 is 0 Å². The first-order valence-corrected chi connectivity index (χ1v) is 11.5. The molecule has 2 N–H and O–H groups in total. The van der Waals surface area contributed by atoms with Crippen molar-refractivity contribution in [2.24, 2.45) is 7.05 Å². The Balaban J connectivity index is 2.06. The number of carbonyl (C=O) groups is 1. The number of thiazole rings is 1. The summed E-state index contributed by atoms with van der Waals surface area (Å²) < 4.78 is 35.0. The smallest absolute Gasteiger partial charge is 0.262 e. The average Bonchev–Trinajstić information content (AvgIpc) is 3.37. The van der Waals surface area contributed by atoms with Crippen LogP contribution in [0.3, 0.4) is 0 Å². The van der Waals surface area contributed by atoms with Gasteiger partial charge in [0.15, 0.2) is 0 Å². The first-order valence-electron chi connectivity index (χ1n) is 9.22. The zero-order valence-electron chi connectivity index (χ0n) is 17.2. The Morgan fingerprint density at radius 3 is 2.55 bits per heavy atom. The first kappa shape index (κ1) is 22.9. The number of amides is 1. The molecular weight excluding hydrogens is 442 g/mol. The van der Waals surface area contributed by atoms with E-state index in [2.05, 4.69) is 9.97 Å². The fraction of sp³-hybridized carbons (Fsp3) is 0.316. The predicted molar refractivity (Wildman–Crippen MR) is 113 cm³/mol. The normalized spacial score (nSPS) is 12.7. The fourth-order valence-corrected chi connectivity index (χ4v) is 5.22. The highest BCUT2D eigenvalue weighted by atomic mass is 32.2. The number of nitrogens with zero attached hydrogens (tertiary/aromatic N) is 4. The average molecular weight is 466 g/mol. The lowest BCUT2D eigenvalue weighted by atomic mass is 10.1. The molecule has 0 fully saturated rings. The lowest BCUT2D eigenvalue weighted by Gasteiger charge is -2.28. The highest BCUT2D eigenvalue weighted by Gasteiger charge is 2.37. The van der Waals surface area contributed by atoms with Gasteiger partial charge in [-0.05, 0) is 31.2 Å². The SMILES string of the molecule is COc1ccc(S(=O)(=O)N(Cc2csc(C)n2)C(Cc2cn(C)cn2)C(=O)NO)cc1. The van der Waals surface area contributed by atoms with Gasteiger partial charge in [-0.15, -0.1) is 11.3 Å². The van der Waals surface area contributed by atoms with Gasteiger partial charge in [0.05, 0.1) is 41.3 Å². The summed E-state index contributed by atoms with van der Waals surface area (Å²) in [5.74, 6) is -0.367. The van der Waals surface area contributed by atoms with Crippen LogP contribution in [0.1, 0.15) is 16.4 Å². The number of ether oxygens (including phenoxy) is 1. The van der Waals surface area contributed by atoms with E-state index < -0.39 is 22.0 Å². The highest BCUT2D eigenvalue weighted by Crippen LogP contribution is 2.25. The third-order valence-corrected chi connectivity index (χ3v) is 7.26. The summed E-state index contributed by atoms with van der Waals surface area (Å²) in [5.41, 5.74) is 2.59. The topological polar surface area (TPSA) is 127 Å². The number of hydrogen-bond acceptors (Lipinski definition) is 8. The summed E-state index contributed by atoms with van der Waals surface area (Å²) >= 11 is 1.38. The molecule has 3 aromatic rings. The number of aromatic nitrogens is 3. The van der Waals surface area contributed by atoms with Crippen molar-refractivity contribution in [2.75, 3.05) is 7.11 Å². The minimum absolute atomic E-state index is 0.0167. The molecule has 12 heteroatoms. The maximum Gasteiger partial charge on any atom is 0.262 e. The molecule has 10 nitrogen and oxygen atoms in total. The van der Waals surface area contributed by atoms with Crippen molar-refractivity contribution >= 4 is 27.3 Å². The van der Waals surface area contributed by atoms with Crippen molar-refractivity contribution in [3.63, 3.8) is 0 Å². The second kappa shape index (κ2) is 9.56. The van der Waals surface area contributed by atoms with Gasteiger partial charge in [0.2, 0.25) is 10.0 Å². The van der Waals surface area contributed by atoms with Gasteiger partial charge in [0, 0.05) is 25.0 Å². The molecule has 31 heavy (non-hydrogen) atoms. The second-order valence-corrected chi connectivity index (χ2v) is 9.76. The predicted octanol–water partition coefficient (Wildman–Crippen LogP) is 1.50. The van der Waals surface area contributed by atoms with Crippen molar-refractivity contribution in [3.05, 3.63) is 58.6 Å². The van der Waals surface area contributed by atoms with E-state index in [0.717, 1.165) is 9.31 Å².